The first-order valence-corrected chi connectivity index (χ1v) is 8.83. The molecule has 1 fully saturated rings. The van der Waals surface area contributed by atoms with Crippen molar-refractivity contribution in [3.05, 3.63) is 17.2 Å². The molecule has 0 saturated carbocycles. The van der Waals surface area contributed by atoms with E-state index in [1.807, 2.05) is 12.1 Å². The Bertz CT molecular complexity index is 711. The van der Waals surface area contributed by atoms with E-state index in [1.54, 1.807) is 11.8 Å². The Morgan fingerprint density at radius 2 is 2.10 bits per heavy atom. The molecule has 2 aliphatic rings. The minimum absolute atomic E-state index is 0.0337. The fourth-order valence-electron chi connectivity index (χ4n) is 2.61. The topological polar surface area (TPSA) is 59.4 Å². The molecule has 0 atom stereocenters. The van der Waals surface area contributed by atoms with E-state index < -0.39 is 0 Å². The summed E-state index contributed by atoms with van der Waals surface area (Å²) in [5, 5.41) is 4.92. The van der Waals surface area contributed by atoms with Crippen molar-refractivity contribution in [2.45, 2.75) is 18.4 Å². The second-order valence-electron chi connectivity index (χ2n) is 5.22. The lowest BCUT2D eigenvalue weighted by molar-refractivity contribution is 0.0624. The van der Waals surface area contributed by atoms with Gasteiger partial charge in [0.1, 0.15) is 11.0 Å². The second kappa shape index (κ2) is 5.39. The van der Waals surface area contributed by atoms with Gasteiger partial charge in [-0.1, -0.05) is 23.4 Å². The van der Waals surface area contributed by atoms with Crippen LogP contribution in [0.3, 0.4) is 0 Å². The van der Waals surface area contributed by atoms with Crippen molar-refractivity contribution in [2.75, 3.05) is 24.3 Å². The third-order valence-electron chi connectivity index (χ3n) is 3.85. The molecule has 21 heavy (non-hydrogen) atoms. The van der Waals surface area contributed by atoms with E-state index in [-0.39, 0.29) is 5.54 Å². The van der Waals surface area contributed by atoms with Crippen molar-refractivity contribution < 1.29 is 4.74 Å². The summed E-state index contributed by atoms with van der Waals surface area (Å²) in [6.45, 7) is 1.59. The summed E-state index contributed by atoms with van der Waals surface area (Å²) in [5.41, 5.74) is 2.50. The zero-order chi connectivity index (χ0) is 14.3. The SMILES string of the molecule is Clc1ccc2nsnc2c1NC1=NC2(CCOCC2)CS1. The molecule has 0 radical (unpaired) electrons. The van der Waals surface area contributed by atoms with Crippen LogP contribution in [0.15, 0.2) is 17.1 Å². The van der Waals surface area contributed by atoms with E-state index >= 15 is 0 Å². The van der Waals surface area contributed by atoms with Gasteiger partial charge in [0.2, 0.25) is 0 Å². The summed E-state index contributed by atoms with van der Waals surface area (Å²) >= 11 is 9.24. The first-order valence-electron chi connectivity index (χ1n) is 6.74. The molecule has 1 saturated heterocycles. The third-order valence-corrected chi connectivity index (χ3v) is 5.85. The molecule has 0 aliphatic carbocycles. The Kier molecular flexibility index (Phi) is 3.53. The minimum Gasteiger partial charge on any atom is -0.381 e. The van der Waals surface area contributed by atoms with Crippen LogP contribution >= 0.6 is 35.1 Å². The molecule has 5 nitrogen and oxygen atoms in total. The van der Waals surface area contributed by atoms with Gasteiger partial charge in [-0.05, 0) is 25.0 Å². The van der Waals surface area contributed by atoms with Crippen LogP contribution in [0.25, 0.3) is 11.0 Å². The molecule has 2 aromatic rings. The average molecular weight is 341 g/mol. The Morgan fingerprint density at radius 1 is 1.24 bits per heavy atom. The molecule has 2 aliphatic heterocycles. The quantitative estimate of drug-likeness (QED) is 0.862. The molecular formula is C13H13ClN4OS2. The van der Waals surface area contributed by atoms with Gasteiger partial charge in [-0.15, -0.1) is 0 Å². The number of ether oxygens (including phenoxy) is 1. The number of nitrogens with zero attached hydrogens (tertiary/aromatic N) is 3. The predicted octanol–water partition coefficient (Wildman–Crippen LogP) is 3.41. The van der Waals surface area contributed by atoms with Gasteiger partial charge in [0, 0.05) is 19.0 Å². The Labute approximate surface area is 135 Å². The maximum atomic E-state index is 6.31. The molecule has 4 rings (SSSR count). The molecule has 1 N–H and O–H groups in total. The number of halogens is 1. The lowest BCUT2D eigenvalue weighted by Gasteiger charge is -2.29. The number of fused-ring (bicyclic) bond motifs is 1. The Balaban J connectivity index is 1.65. The zero-order valence-corrected chi connectivity index (χ0v) is 13.5. The third kappa shape index (κ3) is 2.52. The van der Waals surface area contributed by atoms with Gasteiger partial charge >= 0.3 is 0 Å². The highest BCUT2D eigenvalue weighted by molar-refractivity contribution is 8.14. The van der Waals surface area contributed by atoms with E-state index in [1.165, 1.54) is 11.7 Å². The van der Waals surface area contributed by atoms with Crippen LogP contribution in [0.5, 0.6) is 0 Å². The molecule has 0 bridgehead atoms. The molecule has 1 aromatic carbocycles. The summed E-state index contributed by atoms with van der Waals surface area (Å²) < 4.78 is 14.0. The summed E-state index contributed by atoms with van der Waals surface area (Å²) in [7, 11) is 0. The number of hydrogen-bond donors (Lipinski definition) is 1. The lowest BCUT2D eigenvalue weighted by Crippen LogP contribution is -2.34. The van der Waals surface area contributed by atoms with E-state index in [4.69, 9.17) is 21.3 Å². The normalized spacial score (nSPS) is 20.9. The molecule has 3 heterocycles. The number of rotatable bonds is 1. The highest BCUT2D eigenvalue weighted by Gasteiger charge is 2.37. The number of thioether (sulfide) groups is 1. The first kappa shape index (κ1) is 13.8. The minimum atomic E-state index is 0.0337. The van der Waals surface area contributed by atoms with Gasteiger partial charge in [-0.2, -0.15) is 8.75 Å². The van der Waals surface area contributed by atoms with E-state index in [9.17, 15) is 0 Å². The van der Waals surface area contributed by atoms with Crippen molar-refractivity contribution >= 4 is 57.0 Å². The smallest absolute Gasteiger partial charge is 0.161 e. The first-order chi connectivity index (χ1) is 10.3. The molecule has 0 amide bonds. The second-order valence-corrected chi connectivity index (χ2v) is 7.12. The lowest BCUT2D eigenvalue weighted by atomic mass is 9.93. The van der Waals surface area contributed by atoms with Gasteiger partial charge in [-0.3, -0.25) is 4.99 Å². The van der Waals surface area contributed by atoms with Crippen LogP contribution in [0.1, 0.15) is 12.8 Å². The molecule has 1 aromatic heterocycles. The molecule has 8 heteroatoms. The Morgan fingerprint density at radius 3 is 2.95 bits per heavy atom. The number of aliphatic imine (C=N–C) groups is 1. The largest absolute Gasteiger partial charge is 0.381 e. The van der Waals surface area contributed by atoms with Crippen LogP contribution in [-0.2, 0) is 4.74 Å². The molecule has 0 unspecified atom stereocenters. The molecule has 110 valence electrons. The standard InChI is InChI=1S/C13H13ClN4OS2/c14-8-1-2-9-11(18-21-17-9)10(8)15-12-16-13(7-20-12)3-5-19-6-4-13/h1-2H,3-7H2,(H,15,16). The molecular weight excluding hydrogens is 328 g/mol. The van der Waals surface area contributed by atoms with Crippen LogP contribution < -0.4 is 5.32 Å². The van der Waals surface area contributed by atoms with Crippen molar-refractivity contribution in [3.63, 3.8) is 0 Å². The number of nitrogens with one attached hydrogen (secondary N) is 1. The molecule has 1 spiro atoms. The van der Waals surface area contributed by atoms with Crippen molar-refractivity contribution in [3.8, 4) is 0 Å². The van der Waals surface area contributed by atoms with Gasteiger partial charge < -0.3 is 10.1 Å². The number of hydrogen-bond acceptors (Lipinski definition) is 7. The average Bonchev–Trinajstić information content (AvgIpc) is 3.11. The van der Waals surface area contributed by atoms with Gasteiger partial charge in [0.15, 0.2) is 5.17 Å². The monoisotopic (exact) mass is 340 g/mol. The van der Waals surface area contributed by atoms with Crippen molar-refractivity contribution in [2.24, 2.45) is 4.99 Å². The van der Waals surface area contributed by atoms with Crippen LogP contribution in [0.2, 0.25) is 5.02 Å². The highest BCUT2D eigenvalue weighted by Crippen LogP contribution is 2.38. The summed E-state index contributed by atoms with van der Waals surface area (Å²) in [6.07, 6.45) is 1.97. The summed E-state index contributed by atoms with van der Waals surface area (Å²) in [5.74, 6) is 1.00. The fraction of sp³-hybridized carbons (Fsp3) is 0.462. The summed E-state index contributed by atoms with van der Waals surface area (Å²) in [4.78, 5) is 4.89. The van der Waals surface area contributed by atoms with Gasteiger partial charge in [-0.25, -0.2) is 0 Å². The van der Waals surface area contributed by atoms with Crippen molar-refractivity contribution in [1.29, 1.82) is 0 Å². The van der Waals surface area contributed by atoms with Crippen molar-refractivity contribution in [1.82, 2.24) is 8.75 Å². The highest BCUT2D eigenvalue weighted by atomic mass is 35.5. The zero-order valence-electron chi connectivity index (χ0n) is 11.1. The number of anilines is 1. The van der Waals surface area contributed by atoms with Crippen LogP contribution in [0.4, 0.5) is 5.69 Å². The summed E-state index contributed by atoms with van der Waals surface area (Å²) in [6, 6.07) is 3.73. The van der Waals surface area contributed by atoms with Crippen LogP contribution in [-0.4, -0.2) is 38.4 Å². The van der Waals surface area contributed by atoms with E-state index in [0.717, 1.165) is 53.7 Å². The van der Waals surface area contributed by atoms with Crippen LogP contribution in [0, 0.1) is 0 Å². The van der Waals surface area contributed by atoms with Gasteiger partial charge in [0.25, 0.3) is 0 Å². The number of aromatic nitrogens is 2. The fourth-order valence-corrected chi connectivity index (χ4v) is 4.54. The maximum Gasteiger partial charge on any atom is 0.161 e. The van der Waals surface area contributed by atoms with E-state index in [0.29, 0.717) is 5.02 Å². The number of amidine groups is 1. The van der Waals surface area contributed by atoms with E-state index in [2.05, 4.69) is 14.1 Å². The Hall–Kier alpha value is -0.890. The van der Waals surface area contributed by atoms with Gasteiger partial charge in [0.05, 0.1) is 28.0 Å². The number of benzene rings is 1. The predicted molar refractivity (Wildman–Crippen MR) is 88.7 cm³/mol. The maximum absolute atomic E-state index is 6.31.